The normalized spacial score (nSPS) is 18.1. The highest BCUT2D eigenvalue weighted by Crippen LogP contribution is 2.35. The van der Waals surface area contributed by atoms with Gasteiger partial charge in [-0.2, -0.15) is 0 Å². The van der Waals surface area contributed by atoms with Crippen molar-refractivity contribution in [2.45, 2.75) is 65.3 Å². The largest absolute Gasteiger partial charge is 0.299 e. The molecule has 2 heterocycles. The Labute approximate surface area is 130 Å². The number of thiophene rings is 1. The van der Waals surface area contributed by atoms with Gasteiger partial charge < -0.3 is 0 Å². The predicted molar refractivity (Wildman–Crippen MR) is 89.2 cm³/mol. The first kappa shape index (κ1) is 14.8. The number of hydrogen-bond donors (Lipinski definition) is 0. The zero-order valence-electron chi connectivity index (χ0n) is 13.0. The van der Waals surface area contributed by atoms with E-state index in [1.807, 2.05) is 4.57 Å². The van der Waals surface area contributed by atoms with E-state index in [1.54, 1.807) is 17.7 Å². The van der Waals surface area contributed by atoms with Gasteiger partial charge in [-0.05, 0) is 37.2 Å². The molecule has 0 amide bonds. The van der Waals surface area contributed by atoms with Crippen LogP contribution in [-0.4, -0.2) is 9.55 Å². The van der Waals surface area contributed by atoms with Gasteiger partial charge in [0.05, 0.1) is 11.7 Å². The number of fused-ring (bicyclic) bond motifs is 3. The highest BCUT2D eigenvalue weighted by Gasteiger charge is 2.22. The molecular formula is C17H24N2OS. The maximum atomic E-state index is 12.7. The second-order valence-electron chi connectivity index (χ2n) is 6.34. The Morgan fingerprint density at radius 2 is 2.24 bits per heavy atom. The molecule has 1 aliphatic rings. The number of nitrogens with zero attached hydrogens (tertiary/aromatic N) is 2. The van der Waals surface area contributed by atoms with Crippen LogP contribution in [0.5, 0.6) is 0 Å². The summed E-state index contributed by atoms with van der Waals surface area (Å²) in [6.45, 7) is 5.31. The number of unbranched alkanes of at least 4 members (excludes halogenated alkanes) is 3. The van der Waals surface area contributed by atoms with Crippen molar-refractivity contribution < 1.29 is 0 Å². The third-order valence-electron chi connectivity index (χ3n) is 4.53. The molecule has 0 bridgehead atoms. The molecule has 4 heteroatoms. The lowest BCUT2D eigenvalue weighted by Gasteiger charge is -2.17. The molecular weight excluding hydrogens is 280 g/mol. The summed E-state index contributed by atoms with van der Waals surface area (Å²) in [6.07, 6.45) is 9.86. The Hall–Kier alpha value is -1.16. The fourth-order valence-electron chi connectivity index (χ4n) is 3.23. The highest BCUT2D eigenvalue weighted by molar-refractivity contribution is 7.18. The zero-order valence-corrected chi connectivity index (χ0v) is 13.8. The monoisotopic (exact) mass is 304 g/mol. The number of aryl methyl sites for hydroxylation is 2. The molecule has 0 unspecified atom stereocenters. The highest BCUT2D eigenvalue weighted by atomic mass is 32.1. The maximum absolute atomic E-state index is 12.7. The minimum absolute atomic E-state index is 0.184. The molecule has 0 spiro atoms. The minimum Gasteiger partial charge on any atom is -0.299 e. The van der Waals surface area contributed by atoms with Gasteiger partial charge in [0, 0.05) is 11.4 Å². The number of hydrogen-bond acceptors (Lipinski definition) is 3. The average Bonchev–Trinajstić information content (AvgIpc) is 2.83. The van der Waals surface area contributed by atoms with Crippen molar-refractivity contribution in [2.75, 3.05) is 0 Å². The van der Waals surface area contributed by atoms with Gasteiger partial charge in [0.2, 0.25) is 0 Å². The van der Waals surface area contributed by atoms with Crippen LogP contribution >= 0.6 is 11.3 Å². The second kappa shape index (κ2) is 6.30. The molecule has 0 N–H and O–H groups in total. The smallest absolute Gasteiger partial charge is 0.262 e. The molecule has 0 saturated heterocycles. The molecule has 0 radical (unpaired) electrons. The summed E-state index contributed by atoms with van der Waals surface area (Å²) in [4.78, 5) is 19.6. The first-order chi connectivity index (χ1) is 10.2. The SMILES string of the molecule is CCCCCCn1cnc2sc3c(c2c1=O)CC[C@@H](C)C3. The minimum atomic E-state index is 0.184. The van der Waals surface area contributed by atoms with Crippen molar-refractivity contribution in [3.8, 4) is 0 Å². The second-order valence-corrected chi connectivity index (χ2v) is 7.42. The summed E-state index contributed by atoms with van der Waals surface area (Å²) >= 11 is 1.73. The molecule has 0 aromatic carbocycles. The van der Waals surface area contributed by atoms with Crippen molar-refractivity contribution >= 4 is 21.6 Å². The van der Waals surface area contributed by atoms with Crippen LogP contribution in [0.15, 0.2) is 11.1 Å². The molecule has 114 valence electrons. The Kier molecular flexibility index (Phi) is 4.43. The molecule has 3 nitrogen and oxygen atoms in total. The molecule has 1 aliphatic carbocycles. The van der Waals surface area contributed by atoms with Crippen LogP contribution < -0.4 is 5.56 Å². The lowest BCUT2D eigenvalue weighted by Crippen LogP contribution is -2.21. The third kappa shape index (κ3) is 2.91. The Balaban J connectivity index is 1.91. The van der Waals surface area contributed by atoms with Crippen molar-refractivity contribution in [1.82, 2.24) is 9.55 Å². The van der Waals surface area contributed by atoms with Crippen LogP contribution in [0.25, 0.3) is 10.2 Å². The van der Waals surface area contributed by atoms with Crippen LogP contribution in [0.1, 0.15) is 56.4 Å². The molecule has 2 aromatic heterocycles. The van der Waals surface area contributed by atoms with Gasteiger partial charge in [-0.3, -0.25) is 9.36 Å². The van der Waals surface area contributed by atoms with E-state index in [1.165, 1.54) is 36.1 Å². The van der Waals surface area contributed by atoms with E-state index in [4.69, 9.17) is 0 Å². The lowest BCUT2D eigenvalue weighted by atomic mass is 9.89. The van der Waals surface area contributed by atoms with Gasteiger partial charge in [-0.1, -0.05) is 33.1 Å². The summed E-state index contributed by atoms with van der Waals surface area (Å²) in [5.41, 5.74) is 1.48. The molecule has 3 rings (SSSR count). The number of aromatic nitrogens is 2. The fraction of sp³-hybridized carbons (Fsp3) is 0.647. The number of rotatable bonds is 5. The van der Waals surface area contributed by atoms with Crippen molar-refractivity contribution in [3.63, 3.8) is 0 Å². The van der Waals surface area contributed by atoms with Crippen LogP contribution in [0.2, 0.25) is 0 Å². The lowest BCUT2D eigenvalue weighted by molar-refractivity contribution is 0.508. The van der Waals surface area contributed by atoms with E-state index >= 15 is 0 Å². The van der Waals surface area contributed by atoms with Gasteiger partial charge in [0.15, 0.2) is 0 Å². The van der Waals surface area contributed by atoms with E-state index in [0.717, 1.165) is 41.9 Å². The molecule has 21 heavy (non-hydrogen) atoms. The quantitative estimate of drug-likeness (QED) is 0.777. The van der Waals surface area contributed by atoms with E-state index in [2.05, 4.69) is 18.8 Å². The third-order valence-corrected chi connectivity index (χ3v) is 5.70. The predicted octanol–water partition coefficient (Wildman–Crippen LogP) is 4.16. The molecule has 1 atom stereocenters. The molecule has 2 aromatic rings. The Morgan fingerprint density at radius 3 is 3.05 bits per heavy atom. The van der Waals surface area contributed by atoms with Gasteiger partial charge in [0.1, 0.15) is 4.83 Å². The summed E-state index contributed by atoms with van der Waals surface area (Å²) in [6, 6.07) is 0. The molecule has 0 aliphatic heterocycles. The topological polar surface area (TPSA) is 34.9 Å². The summed E-state index contributed by atoms with van der Waals surface area (Å²) in [5, 5.41) is 0.917. The molecule has 0 saturated carbocycles. The Morgan fingerprint density at radius 1 is 1.38 bits per heavy atom. The van der Waals surface area contributed by atoms with Crippen molar-refractivity contribution in [3.05, 3.63) is 27.1 Å². The van der Waals surface area contributed by atoms with Gasteiger partial charge in [0.25, 0.3) is 5.56 Å². The average molecular weight is 304 g/mol. The zero-order chi connectivity index (χ0) is 14.8. The van der Waals surface area contributed by atoms with Crippen LogP contribution in [0, 0.1) is 5.92 Å². The first-order valence-corrected chi connectivity index (χ1v) is 9.02. The molecule has 0 fully saturated rings. The van der Waals surface area contributed by atoms with Gasteiger partial charge in [-0.25, -0.2) is 4.98 Å². The van der Waals surface area contributed by atoms with Gasteiger partial charge in [-0.15, -0.1) is 11.3 Å². The van der Waals surface area contributed by atoms with Crippen LogP contribution in [0.3, 0.4) is 0 Å². The Bertz CT molecular complexity index is 686. The van der Waals surface area contributed by atoms with Crippen molar-refractivity contribution in [1.29, 1.82) is 0 Å². The first-order valence-electron chi connectivity index (χ1n) is 8.20. The van der Waals surface area contributed by atoms with Crippen LogP contribution in [-0.2, 0) is 19.4 Å². The van der Waals surface area contributed by atoms with Crippen molar-refractivity contribution in [2.24, 2.45) is 5.92 Å². The summed E-state index contributed by atoms with van der Waals surface area (Å²) < 4.78 is 1.82. The summed E-state index contributed by atoms with van der Waals surface area (Å²) in [7, 11) is 0. The van der Waals surface area contributed by atoms with E-state index in [9.17, 15) is 4.79 Å². The fourth-order valence-corrected chi connectivity index (χ4v) is 4.58. The van der Waals surface area contributed by atoms with E-state index < -0.39 is 0 Å². The summed E-state index contributed by atoms with van der Waals surface area (Å²) in [5.74, 6) is 0.738. The standard InChI is InChI=1S/C17H24N2OS/c1-3-4-5-6-9-19-11-18-16-15(17(19)20)13-8-7-12(2)10-14(13)21-16/h11-12H,3-10H2,1-2H3/t12-/m1/s1. The van der Waals surface area contributed by atoms with E-state index in [0.29, 0.717) is 0 Å². The maximum Gasteiger partial charge on any atom is 0.262 e. The van der Waals surface area contributed by atoms with E-state index in [-0.39, 0.29) is 5.56 Å². The van der Waals surface area contributed by atoms with Gasteiger partial charge >= 0.3 is 0 Å². The van der Waals surface area contributed by atoms with Crippen LogP contribution in [0.4, 0.5) is 0 Å².